The molecule has 1 aliphatic carbocycles. The normalized spacial score (nSPS) is 18.5. The highest BCUT2D eigenvalue weighted by Gasteiger charge is 2.28. The van der Waals surface area contributed by atoms with Gasteiger partial charge in [0, 0.05) is 41.5 Å². The van der Waals surface area contributed by atoms with E-state index in [0.717, 1.165) is 41.7 Å². The zero-order chi connectivity index (χ0) is 22.4. The van der Waals surface area contributed by atoms with Crippen molar-refractivity contribution in [1.29, 1.82) is 0 Å². The summed E-state index contributed by atoms with van der Waals surface area (Å²) in [4.78, 5) is 29.4. The Morgan fingerprint density at radius 3 is 2.58 bits per heavy atom. The molecule has 1 aromatic carbocycles. The van der Waals surface area contributed by atoms with Gasteiger partial charge in [-0.1, -0.05) is 12.5 Å². The number of pyridine rings is 1. The van der Waals surface area contributed by atoms with Gasteiger partial charge in [-0.3, -0.25) is 14.6 Å². The molecular weight excluding hydrogens is 390 g/mol. The maximum absolute atomic E-state index is 12.9. The molecular formula is C25H33N3O3. The minimum absolute atomic E-state index is 0.0197. The largest absolute Gasteiger partial charge is 0.488 e. The number of carbonyl (C=O) groups excluding carboxylic acids is 2. The average molecular weight is 424 g/mol. The lowest BCUT2D eigenvalue weighted by atomic mass is 9.85. The lowest BCUT2D eigenvalue weighted by Gasteiger charge is -2.29. The number of nitrogens with one attached hydrogen (secondary N) is 2. The molecule has 31 heavy (non-hydrogen) atoms. The molecule has 2 amide bonds. The fourth-order valence-electron chi connectivity index (χ4n) is 4.18. The van der Waals surface area contributed by atoms with Gasteiger partial charge in [-0.2, -0.15) is 0 Å². The summed E-state index contributed by atoms with van der Waals surface area (Å²) >= 11 is 0. The molecule has 2 atom stereocenters. The average Bonchev–Trinajstić information content (AvgIpc) is 2.73. The third-order valence-electron chi connectivity index (χ3n) is 5.64. The molecule has 2 aromatic rings. The van der Waals surface area contributed by atoms with Crippen molar-refractivity contribution in [2.45, 2.75) is 72.1 Å². The highest BCUT2D eigenvalue weighted by atomic mass is 16.5. The van der Waals surface area contributed by atoms with Crippen LogP contribution < -0.4 is 15.4 Å². The van der Waals surface area contributed by atoms with Crippen LogP contribution >= 0.6 is 0 Å². The van der Waals surface area contributed by atoms with Crippen molar-refractivity contribution in [3.8, 4) is 5.75 Å². The highest BCUT2D eigenvalue weighted by molar-refractivity contribution is 5.95. The molecule has 0 saturated heterocycles. The van der Waals surface area contributed by atoms with E-state index < -0.39 is 0 Å². The van der Waals surface area contributed by atoms with Crippen LogP contribution in [0.4, 0.5) is 0 Å². The van der Waals surface area contributed by atoms with Crippen molar-refractivity contribution in [1.82, 2.24) is 15.6 Å². The van der Waals surface area contributed by atoms with Crippen molar-refractivity contribution in [2.24, 2.45) is 5.92 Å². The highest BCUT2D eigenvalue weighted by Crippen LogP contribution is 2.27. The van der Waals surface area contributed by atoms with Crippen LogP contribution in [-0.2, 0) is 11.4 Å². The summed E-state index contributed by atoms with van der Waals surface area (Å²) in [6, 6.07) is 7.74. The van der Waals surface area contributed by atoms with Crippen LogP contribution in [0, 0.1) is 19.8 Å². The van der Waals surface area contributed by atoms with Gasteiger partial charge in [-0.15, -0.1) is 0 Å². The van der Waals surface area contributed by atoms with Crippen molar-refractivity contribution in [3.63, 3.8) is 0 Å². The summed E-state index contributed by atoms with van der Waals surface area (Å²) in [7, 11) is 0. The zero-order valence-electron chi connectivity index (χ0n) is 18.9. The molecule has 0 aliphatic heterocycles. The first-order valence-corrected chi connectivity index (χ1v) is 11.1. The second kappa shape index (κ2) is 10.4. The van der Waals surface area contributed by atoms with E-state index in [1.165, 1.54) is 0 Å². The Morgan fingerprint density at radius 2 is 1.94 bits per heavy atom. The van der Waals surface area contributed by atoms with Crippen molar-refractivity contribution < 1.29 is 14.3 Å². The molecule has 3 rings (SSSR count). The second-order valence-electron chi connectivity index (χ2n) is 8.79. The summed E-state index contributed by atoms with van der Waals surface area (Å²) in [6.07, 6.45) is 6.94. The maximum atomic E-state index is 12.9. The lowest BCUT2D eigenvalue weighted by molar-refractivity contribution is -0.126. The summed E-state index contributed by atoms with van der Waals surface area (Å²) < 4.78 is 5.99. The molecule has 1 heterocycles. The van der Waals surface area contributed by atoms with E-state index in [1.807, 2.05) is 52.0 Å². The number of rotatable bonds is 7. The lowest BCUT2D eigenvalue weighted by Crippen LogP contribution is -2.43. The van der Waals surface area contributed by atoms with Crippen LogP contribution in [-0.4, -0.2) is 28.9 Å². The molecule has 0 radical (unpaired) electrons. The van der Waals surface area contributed by atoms with E-state index in [9.17, 15) is 9.59 Å². The number of amides is 2. The van der Waals surface area contributed by atoms with E-state index in [1.54, 1.807) is 12.4 Å². The number of hydrogen-bond donors (Lipinski definition) is 2. The Labute approximate surface area is 184 Å². The fourth-order valence-corrected chi connectivity index (χ4v) is 4.18. The van der Waals surface area contributed by atoms with Gasteiger partial charge in [0.2, 0.25) is 5.91 Å². The number of ether oxygens (including phenoxy) is 1. The molecule has 0 bridgehead atoms. The quantitative estimate of drug-likeness (QED) is 0.703. The van der Waals surface area contributed by atoms with Crippen molar-refractivity contribution >= 4 is 11.8 Å². The van der Waals surface area contributed by atoms with Crippen LogP contribution in [0.2, 0.25) is 0 Å². The zero-order valence-corrected chi connectivity index (χ0v) is 18.9. The molecule has 1 aliphatic rings. The maximum Gasteiger partial charge on any atom is 0.251 e. The predicted octanol–water partition coefficient (Wildman–Crippen LogP) is 4.09. The predicted molar refractivity (Wildman–Crippen MR) is 121 cm³/mol. The second-order valence-corrected chi connectivity index (χ2v) is 8.79. The van der Waals surface area contributed by atoms with Gasteiger partial charge in [0.1, 0.15) is 12.4 Å². The minimum Gasteiger partial charge on any atom is -0.488 e. The first-order valence-electron chi connectivity index (χ1n) is 11.1. The Kier molecular flexibility index (Phi) is 7.66. The van der Waals surface area contributed by atoms with E-state index in [-0.39, 0.29) is 29.8 Å². The summed E-state index contributed by atoms with van der Waals surface area (Å²) in [5, 5.41) is 6.13. The molecule has 1 aromatic heterocycles. The molecule has 0 spiro atoms. The number of hydrogen-bond acceptors (Lipinski definition) is 4. The minimum atomic E-state index is -0.0973. The van der Waals surface area contributed by atoms with Gasteiger partial charge < -0.3 is 15.4 Å². The fraction of sp³-hybridized carbons (Fsp3) is 0.480. The number of nitrogens with zero attached hydrogens (tertiary/aromatic N) is 1. The van der Waals surface area contributed by atoms with Crippen LogP contribution in [0.1, 0.15) is 66.6 Å². The molecule has 2 N–H and O–H groups in total. The topological polar surface area (TPSA) is 80.3 Å². The van der Waals surface area contributed by atoms with E-state index >= 15 is 0 Å². The Bertz CT molecular complexity index is 888. The molecule has 6 nitrogen and oxygen atoms in total. The third kappa shape index (κ3) is 6.29. The van der Waals surface area contributed by atoms with E-state index in [2.05, 4.69) is 15.6 Å². The van der Waals surface area contributed by atoms with Crippen LogP contribution in [0.3, 0.4) is 0 Å². The van der Waals surface area contributed by atoms with Gasteiger partial charge >= 0.3 is 0 Å². The Balaban J connectivity index is 1.62. The Hall–Kier alpha value is -2.89. The summed E-state index contributed by atoms with van der Waals surface area (Å²) in [6.45, 7) is 8.27. The Morgan fingerprint density at radius 1 is 1.19 bits per heavy atom. The van der Waals surface area contributed by atoms with Gasteiger partial charge in [0.05, 0.1) is 0 Å². The molecule has 1 fully saturated rings. The molecule has 2 unspecified atom stereocenters. The van der Waals surface area contributed by atoms with Crippen LogP contribution in [0.5, 0.6) is 5.75 Å². The third-order valence-corrected chi connectivity index (χ3v) is 5.64. The smallest absolute Gasteiger partial charge is 0.251 e. The van der Waals surface area contributed by atoms with Crippen LogP contribution in [0.15, 0.2) is 36.7 Å². The molecule has 6 heteroatoms. The van der Waals surface area contributed by atoms with E-state index in [0.29, 0.717) is 18.6 Å². The number of aryl methyl sites for hydroxylation is 2. The van der Waals surface area contributed by atoms with E-state index in [4.69, 9.17) is 4.74 Å². The number of benzene rings is 1. The SMILES string of the molecule is Cc1cc(C(=O)NC2CCCC(C(=O)NC(C)C)C2)cc(C)c1OCc1cccnc1. The summed E-state index contributed by atoms with van der Waals surface area (Å²) in [5.74, 6) is 0.757. The molecule has 166 valence electrons. The van der Waals surface area contributed by atoms with Gasteiger partial charge in [0.15, 0.2) is 0 Å². The molecule has 1 saturated carbocycles. The number of aromatic nitrogens is 1. The van der Waals surface area contributed by atoms with Crippen LogP contribution in [0.25, 0.3) is 0 Å². The standard InChI is InChI=1S/C25H33N3O3/c1-16(2)27-24(29)20-8-5-9-22(13-20)28-25(30)21-11-17(3)23(18(4)12-21)31-15-19-7-6-10-26-14-19/h6-7,10-12,14,16,20,22H,5,8-9,13,15H2,1-4H3,(H,27,29)(H,28,30). The first-order chi connectivity index (χ1) is 14.8. The van der Waals surface area contributed by atoms with Gasteiger partial charge in [-0.05, 0) is 76.3 Å². The monoisotopic (exact) mass is 423 g/mol. The number of carbonyl (C=O) groups is 2. The summed E-state index contributed by atoms with van der Waals surface area (Å²) in [5.41, 5.74) is 3.47. The van der Waals surface area contributed by atoms with Gasteiger partial charge in [0.25, 0.3) is 5.91 Å². The first kappa shape index (κ1) is 22.8. The van der Waals surface area contributed by atoms with Crippen molar-refractivity contribution in [2.75, 3.05) is 0 Å². The van der Waals surface area contributed by atoms with Crippen molar-refractivity contribution in [3.05, 3.63) is 58.9 Å². The van der Waals surface area contributed by atoms with Gasteiger partial charge in [-0.25, -0.2) is 0 Å².